The van der Waals surface area contributed by atoms with Gasteiger partial charge in [-0.2, -0.15) is 0 Å². The lowest BCUT2D eigenvalue weighted by Crippen LogP contribution is -2.00. The Morgan fingerprint density at radius 3 is 2.05 bits per heavy atom. The van der Waals surface area contributed by atoms with Gasteiger partial charge in [-0.05, 0) is 35.4 Å². The minimum Gasteiger partial charge on any atom is -0.496 e. The van der Waals surface area contributed by atoms with Gasteiger partial charge in [0.2, 0.25) is 0 Å². The van der Waals surface area contributed by atoms with Gasteiger partial charge in [-0.1, -0.05) is 12.1 Å². The summed E-state index contributed by atoms with van der Waals surface area (Å²) in [6.45, 7) is 0.371. The predicted octanol–water partition coefficient (Wildman–Crippen LogP) is 2.97. The van der Waals surface area contributed by atoms with Crippen molar-refractivity contribution in [1.29, 1.82) is 0 Å². The van der Waals surface area contributed by atoms with Crippen molar-refractivity contribution in [3.05, 3.63) is 47.8 Å². The highest BCUT2D eigenvalue weighted by molar-refractivity contribution is 5.66. The van der Waals surface area contributed by atoms with Crippen LogP contribution in [0.1, 0.15) is 5.56 Å². The van der Waals surface area contributed by atoms with Crippen LogP contribution in [-0.2, 0) is 6.54 Å². The van der Waals surface area contributed by atoms with Crippen LogP contribution >= 0.6 is 0 Å². The summed E-state index contributed by atoms with van der Waals surface area (Å²) in [5.74, 6) is 0.585. The number of benzene rings is 2. The molecule has 0 unspecified atom stereocenters. The molecule has 0 radical (unpaired) electrons. The van der Waals surface area contributed by atoms with Crippen molar-refractivity contribution < 1.29 is 13.9 Å². The molecular weight excluding hydrogens is 245 g/mol. The van der Waals surface area contributed by atoms with Crippen molar-refractivity contribution in [2.24, 2.45) is 5.73 Å². The molecule has 0 aliphatic heterocycles. The second-order valence-corrected chi connectivity index (χ2v) is 4.08. The fraction of sp³-hybridized carbons (Fsp3) is 0.200. The van der Waals surface area contributed by atoms with E-state index in [0.29, 0.717) is 6.54 Å². The molecule has 0 heterocycles. The Balaban J connectivity index is 2.44. The van der Waals surface area contributed by atoms with Crippen molar-refractivity contribution in [2.75, 3.05) is 14.2 Å². The van der Waals surface area contributed by atoms with Crippen LogP contribution in [0.3, 0.4) is 0 Å². The highest BCUT2D eigenvalue weighted by Crippen LogP contribution is 2.29. The van der Waals surface area contributed by atoms with Crippen LogP contribution in [0.15, 0.2) is 36.4 Å². The van der Waals surface area contributed by atoms with Gasteiger partial charge in [0.25, 0.3) is 0 Å². The van der Waals surface area contributed by atoms with Crippen molar-refractivity contribution in [3.8, 4) is 22.6 Å². The van der Waals surface area contributed by atoms with Crippen LogP contribution in [0.25, 0.3) is 11.1 Å². The zero-order valence-electron chi connectivity index (χ0n) is 10.9. The Morgan fingerprint density at radius 1 is 0.947 bits per heavy atom. The lowest BCUT2D eigenvalue weighted by atomic mass is 10.0. The Bertz CT molecular complexity index is 584. The van der Waals surface area contributed by atoms with Crippen LogP contribution in [0.4, 0.5) is 4.39 Å². The highest BCUT2D eigenvalue weighted by Gasteiger charge is 2.08. The standard InChI is InChI=1S/C15H16FNO2/c1-18-14-5-3-10(7-12(14)9-17)11-4-6-15(19-2)13(16)8-11/h3-8H,9,17H2,1-2H3. The molecule has 0 aliphatic carbocycles. The Morgan fingerprint density at radius 2 is 1.53 bits per heavy atom. The van der Waals surface area contributed by atoms with Gasteiger partial charge in [0.15, 0.2) is 11.6 Å². The van der Waals surface area contributed by atoms with Gasteiger partial charge < -0.3 is 15.2 Å². The molecule has 2 N–H and O–H groups in total. The first-order valence-corrected chi connectivity index (χ1v) is 5.90. The molecule has 0 saturated carbocycles. The molecule has 0 aromatic heterocycles. The zero-order valence-corrected chi connectivity index (χ0v) is 10.9. The summed E-state index contributed by atoms with van der Waals surface area (Å²) in [6.07, 6.45) is 0. The SMILES string of the molecule is COc1ccc(-c2ccc(OC)c(CN)c2)cc1F. The van der Waals surface area contributed by atoms with Gasteiger partial charge in [0.1, 0.15) is 5.75 Å². The van der Waals surface area contributed by atoms with E-state index in [1.54, 1.807) is 13.2 Å². The summed E-state index contributed by atoms with van der Waals surface area (Å²) in [5.41, 5.74) is 8.23. The van der Waals surface area contributed by atoms with Gasteiger partial charge in [0, 0.05) is 12.1 Å². The third-order valence-corrected chi connectivity index (χ3v) is 2.99. The maximum atomic E-state index is 13.7. The van der Waals surface area contributed by atoms with Crippen LogP contribution in [-0.4, -0.2) is 14.2 Å². The molecule has 100 valence electrons. The van der Waals surface area contributed by atoms with E-state index < -0.39 is 0 Å². The van der Waals surface area contributed by atoms with E-state index in [-0.39, 0.29) is 11.6 Å². The molecule has 0 saturated heterocycles. The second-order valence-electron chi connectivity index (χ2n) is 4.08. The van der Waals surface area contributed by atoms with Crippen molar-refractivity contribution in [3.63, 3.8) is 0 Å². The summed E-state index contributed by atoms with van der Waals surface area (Å²) < 4.78 is 23.8. The first-order chi connectivity index (χ1) is 9.19. The molecule has 0 atom stereocenters. The summed E-state index contributed by atoms with van der Waals surface area (Å²) in [7, 11) is 3.04. The molecule has 0 aliphatic rings. The maximum Gasteiger partial charge on any atom is 0.165 e. The molecule has 0 amide bonds. The minimum absolute atomic E-state index is 0.233. The molecule has 2 rings (SSSR count). The highest BCUT2D eigenvalue weighted by atomic mass is 19.1. The minimum atomic E-state index is -0.384. The Kier molecular flexibility index (Phi) is 4.02. The predicted molar refractivity (Wildman–Crippen MR) is 72.8 cm³/mol. The first-order valence-electron chi connectivity index (χ1n) is 5.90. The summed E-state index contributed by atoms with van der Waals surface area (Å²) in [4.78, 5) is 0. The number of hydrogen-bond acceptors (Lipinski definition) is 3. The second kappa shape index (κ2) is 5.71. The van der Waals surface area contributed by atoms with Crippen LogP contribution in [0.2, 0.25) is 0 Å². The average Bonchev–Trinajstić information content (AvgIpc) is 2.46. The largest absolute Gasteiger partial charge is 0.496 e. The normalized spacial score (nSPS) is 10.3. The summed E-state index contributed by atoms with van der Waals surface area (Å²) in [6, 6.07) is 10.5. The third-order valence-electron chi connectivity index (χ3n) is 2.99. The number of nitrogens with two attached hydrogens (primary N) is 1. The van der Waals surface area contributed by atoms with Gasteiger partial charge in [0.05, 0.1) is 14.2 Å². The monoisotopic (exact) mass is 261 g/mol. The smallest absolute Gasteiger partial charge is 0.165 e. The summed E-state index contributed by atoms with van der Waals surface area (Å²) >= 11 is 0. The molecule has 2 aromatic carbocycles. The quantitative estimate of drug-likeness (QED) is 0.920. The molecule has 19 heavy (non-hydrogen) atoms. The number of ether oxygens (including phenoxy) is 2. The van der Waals surface area contributed by atoms with Crippen molar-refractivity contribution in [1.82, 2.24) is 0 Å². The van der Waals surface area contributed by atoms with E-state index in [1.165, 1.54) is 13.2 Å². The summed E-state index contributed by atoms with van der Waals surface area (Å²) in [5, 5.41) is 0. The van der Waals surface area contributed by atoms with Crippen molar-refractivity contribution in [2.45, 2.75) is 6.54 Å². The Hall–Kier alpha value is -2.07. The van der Waals surface area contributed by atoms with E-state index in [1.807, 2.05) is 24.3 Å². The third kappa shape index (κ3) is 2.69. The number of halogens is 1. The first kappa shape index (κ1) is 13.4. The Labute approximate surface area is 111 Å². The van der Waals surface area contributed by atoms with E-state index in [2.05, 4.69) is 0 Å². The number of methoxy groups -OCH3 is 2. The number of rotatable bonds is 4. The molecule has 0 bridgehead atoms. The van der Waals surface area contributed by atoms with Gasteiger partial charge >= 0.3 is 0 Å². The molecule has 0 fully saturated rings. The number of hydrogen-bond donors (Lipinski definition) is 1. The molecule has 2 aromatic rings. The van der Waals surface area contributed by atoms with Crippen LogP contribution in [0.5, 0.6) is 11.5 Å². The topological polar surface area (TPSA) is 44.5 Å². The van der Waals surface area contributed by atoms with E-state index in [9.17, 15) is 4.39 Å². The lowest BCUT2D eigenvalue weighted by molar-refractivity contribution is 0.386. The molecular formula is C15H16FNO2. The molecule has 4 heteroatoms. The fourth-order valence-electron chi connectivity index (χ4n) is 1.96. The van der Waals surface area contributed by atoms with Crippen molar-refractivity contribution >= 4 is 0 Å². The zero-order chi connectivity index (χ0) is 13.8. The van der Waals surface area contributed by atoms with Gasteiger partial charge in [-0.15, -0.1) is 0 Å². The van der Waals surface area contributed by atoms with Gasteiger partial charge in [-0.3, -0.25) is 0 Å². The van der Waals surface area contributed by atoms with Gasteiger partial charge in [-0.25, -0.2) is 4.39 Å². The maximum absolute atomic E-state index is 13.7. The van der Waals surface area contributed by atoms with Crippen LogP contribution < -0.4 is 15.2 Å². The van der Waals surface area contributed by atoms with Crippen LogP contribution in [0, 0.1) is 5.82 Å². The van der Waals surface area contributed by atoms with E-state index >= 15 is 0 Å². The molecule has 0 spiro atoms. The van der Waals surface area contributed by atoms with E-state index in [4.69, 9.17) is 15.2 Å². The lowest BCUT2D eigenvalue weighted by Gasteiger charge is -2.10. The average molecular weight is 261 g/mol. The van der Waals surface area contributed by atoms with E-state index in [0.717, 1.165) is 22.4 Å². The fourth-order valence-corrected chi connectivity index (χ4v) is 1.96. The molecule has 3 nitrogen and oxygen atoms in total.